The van der Waals surface area contributed by atoms with Crippen molar-refractivity contribution in [2.24, 2.45) is 0 Å². The Morgan fingerprint density at radius 2 is 2.24 bits per heavy atom. The van der Waals surface area contributed by atoms with Gasteiger partial charge in [-0.05, 0) is 13.0 Å². The van der Waals surface area contributed by atoms with Crippen molar-refractivity contribution in [3.63, 3.8) is 0 Å². The Kier molecular flexibility index (Phi) is 3.10. The van der Waals surface area contributed by atoms with E-state index in [1.807, 2.05) is 4.98 Å². The van der Waals surface area contributed by atoms with Gasteiger partial charge in [0, 0.05) is 25.8 Å². The summed E-state index contributed by atoms with van der Waals surface area (Å²) in [6.45, 7) is 1.59. The van der Waals surface area contributed by atoms with Gasteiger partial charge in [0.05, 0.1) is 0 Å². The summed E-state index contributed by atoms with van der Waals surface area (Å²) in [7, 11) is 1.66. The molecule has 0 saturated carbocycles. The minimum absolute atomic E-state index is 0.0426. The molecule has 3 N–H and O–H groups in total. The number of hydrogen-bond acceptors (Lipinski definition) is 4. The molecule has 92 valence electrons. The van der Waals surface area contributed by atoms with Crippen LogP contribution in [0, 0.1) is 0 Å². The maximum absolute atomic E-state index is 12.0. The number of rotatable bonds is 2. The average Bonchev–Trinajstić information content (AvgIpc) is 2.80. The van der Waals surface area contributed by atoms with E-state index in [2.05, 4.69) is 10.3 Å². The van der Waals surface area contributed by atoms with Gasteiger partial charge in [0.1, 0.15) is 5.56 Å². The van der Waals surface area contributed by atoms with Crippen LogP contribution in [-0.2, 0) is 0 Å². The zero-order valence-electron chi connectivity index (χ0n) is 9.45. The lowest BCUT2D eigenvalue weighted by atomic mass is 10.2. The first-order valence-corrected chi connectivity index (χ1v) is 5.39. The lowest BCUT2D eigenvalue weighted by molar-refractivity contribution is 0.0741. The number of hydrogen-bond donors (Lipinski definition) is 3. The Hall–Kier alpha value is -1.89. The zero-order chi connectivity index (χ0) is 12.4. The largest absolute Gasteiger partial charge is 0.337 e. The van der Waals surface area contributed by atoms with Crippen molar-refractivity contribution < 1.29 is 4.79 Å². The molecule has 7 nitrogen and oxygen atoms in total. The van der Waals surface area contributed by atoms with Crippen LogP contribution in [0.4, 0.5) is 0 Å². The number of H-pyrrole nitrogens is 2. The summed E-state index contributed by atoms with van der Waals surface area (Å²) in [5.74, 6) is -0.379. The third-order valence-electron chi connectivity index (χ3n) is 2.95. The summed E-state index contributed by atoms with van der Waals surface area (Å²) < 4.78 is 0. The van der Waals surface area contributed by atoms with Crippen LogP contribution in [0.3, 0.4) is 0 Å². The van der Waals surface area contributed by atoms with Crippen molar-refractivity contribution in [3.8, 4) is 0 Å². The van der Waals surface area contributed by atoms with Gasteiger partial charge < -0.3 is 15.2 Å². The molecule has 1 aliphatic heterocycles. The van der Waals surface area contributed by atoms with Gasteiger partial charge in [-0.2, -0.15) is 0 Å². The zero-order valence-corrected chi connectivity index (χ0v) is 9.45. The van der Waals surface area contributed by atoms with Gasteiger partial charge in [-0.15, -0.1) is 0 Å². The molecule has 2 heterocycles. The second-order valence-electron chi connectivity index (χ2n) is 4.05. The standard InChI is InChI=1S/C10H14N4O3/c1-14(6-2-3-11-4-6)9(16)7-5-12-10(17)13-8(7)15/h5-6,11H,2-4H2,1H3,(H2,12,13,15,17). The second-order valence-corrected chi connectivity index (χ2v) is 4.05. The molecule has 1 atom stereocenters. The van der Waals surface area contributed by atoms with E-state index in [1.54, 1.807) is 7.05 Å². The molecule has 1 amide bonds. The molecule has 1 aliphatic rings. The van der Waals surface area contributed by atoms with Gasteiger partial charge in [-0.1, -0.05) is 0 Å². The van der Waals surface area contributed by atoms with Crippen molar-refractivity contribution in [2.45, 2.75) is 12.5 Å². The summed E-state index contributed by atoms with van der Waals surface area (Å²) >= 11 is 0. The van der Waals surface area contributed by atoms with Crippen LogP contribution in [0.1, 0.15) is 16.8 Å². The number of carbonyl (C=O) groups excluding carboxylic acids is 1. The molecule has 1 unspecified atom stereocenters. The minimum atomic E-state index is -0.656. The molecule has 1 aromatic rings. The Labute approximate surface area is 96.8 Å². The third-order valence-corrected chi connectivity index (χ3v) is 2.95. The lowest BCUT2D eigenvalue weighted by Gasteiger charge is -2.23. The Bertz CT molecular complexity index is 527. The summed E-state index contributed by atoms with van der Waals surface area (Å²) in [6.07, 6.45) is 2.02. The quantitative estimate of drug-likeness (QED) is 0.584. The summed E-state index contributed by atoms with van der Waals surface area (Å²) in [5.41, 5.74) is -1.31. The van der Waals surface area contributed by atoms with Crippen LogP contribution in [0.25, 0.3) is 0 Å². The van der Waals surface area contributed by atoms with E-state index in [0.717, 1.165) is 25.7 Å². The molecule has 1 fully saturated rings. The summed E-state index contributed by atoms with van der Waals surface area (Å²) in [5, 5.41) is 3.15. The minimum Gasteiger partial charge on any atom is -0.337 e. The fourth-order valence-electron chi connectivity index (χ4n) is 1.89. The van der Waals surface area contributed by atoms with Gasteiger partial charge in [0.2, 0.25) is 0 Å². The maximum atomic E-state index is 12.0. The number of likely N-dealkylation sites (N-methyl/N-ethyl adjacent to an activating group) is 1. The van der Waals surface area contributed by atoms with Crippen molar-refractivity contribution in [1.82, 2.24) is 20.2 Å². The highest BCUT2D eigenvalue weighted by Crippen LogP contribution is 2.08. The van der Waals surface area contributed by atoms with Gasteiger partial charge >= 0.3 is 5.69 Å². The smallest absolute Gasteiger partial charge is 0.325 e. The van der Waals surface area contributed by atoms with Gasteiger partial charge in [-0.3, -0.25) is 14.6 Å². The van der Waals surface area contributed by atoms with E-state index >= 15 is 0 Å². The molecule has 1 saturated heterocycles. The number of nitrogens with one attached hydrogen (secondary N) is 3. The van der Waals surface area contributed by atoms with Crippen LogP contribution in [-0.4, -0.2) is 47.0 Å². The van der Waals surface area contributed by atoms with E-state index in [1.165, 1.54) is 4.90 Å². The molecular weight excluding hydrogens is 224 g/mol. The maximum Gasteiger partial charge on any atom is 0.325 e. The monoisotopic (exact) mass is 238 g/mol. The average molecular weight is 238 g/mol. The van der Waals surface area contributed by atoms with Gasteiger partial charge in [-0.25, -0.2) is 4.79 Å². The highest BCUT2D eigenvalue weighted by atomic mass is 16.2. The predicted octanol–water partition coefficient (Wildman–Crippen LogP) is -1.50. The summed E-state index contributed by atoms with van der Waals surface area (Å²) in [6, 6.07) is 0.0915. The molecule has 7 heteroatoms. The molecule has 0 radical (unpaired) electrons. The van der Waals surface area contributed by atoms with Crippen LogP contribution in [0.15, 0.2) is 15.8 Å². The molecule has 0 aliphatic carbocycles. The SMILES string of the molecule is CN(C(=O)c1c[nH]c(=O)[nH]c1=O)C1CCNC1. The first kappa shape index (κ1) is 11.6. The van der Waals surface area contributed by atoms with Crippen LogP contribution >= 0.6 is 0 Å². The molecule has 2 rings (SSSR count). The number of aromatic amines is 2. The van der Waals surface area contributed by atoms with Crippen LogP contribution < -0.4 is 16.6 Å². The van der Waals surface area contributed by atoms with Gasteiger partial charge in [0.15, 0.2) is 0 Å². The first-order chi connectivity index (χ1) is 8.09. The fraction of sp³-hybridized carbons (Fsp3) is 0.500. The molecule has 0 spiro atoms. The van der Waals surface area contributed by atoms with Gasteiger partial charge in [0.25, 0.3) is 11.5 Å². The Balaban J connectivity index is 2.24. The number of carbonyl (C=O) groups is 1. The van der Waals surface area contributed by atoms with E-state index in [0.29, 0.717) is 0 Å². The molecule has 1 aromatic heterocycles. The number of aromatic nitrogens is 2. The topological polar surface area (TPSA) is 98.1 Å². The van der Waals surface area contributed by atoms with Crippen molar-refractivity contribution >= 4 is 5.91 Å². The van der Waals surface area contributed by atoms with Crippen LogP contribution in [0.5, 0.6) is 0 Å². The molecular formula is C10H14N4O3. The predicted molar refractivity (Wildman–Crippen MR) is 61.1 cm³/mol. The highest BCUT2D eigenvalue weighted by molar-refractivity contribution is 5.93. The first-order valence-electron chi connectivity index (χ1n) is 5.39. The van der Waals surface area contributed by atoms with E-state index in [4.69, 9.17) is 0 Å². The Morgan fingerprint density at radius 1 is 1.47 bits per heavy atom. The highest BCUT2D eigenvalue weighted by Gasteiger charge is 2.25. The van der Waals surface area contributed by atoms with E-state index in [9.17, 15) is 14.4 Å². The fourth-order valence-corrected chi connectivity index (χ4v) is 1.89. The summed E-state index contributed by atoms with van der Waals surface area (Å²) in [4.78, 5) is 40.2. The Morgan fingerprint density at radius 3 is 2.82 bits per heavy atom. The van der Waals surface area contributed by atoms with Crippen molar-refractivity contribution in [2.75, 3.05) is 20.1 Å². The molecule has 0 bridgehead atoms. The molecule has 0 aromatic carbocycles. The van der Waals surface area contributed by atoms with Crippen molar-refractivity contribution in [3.05, 3.63) is 32.6 Å². The molecule has 17 heavy (non-hydrogen) atoms. The number of nitrogens with zero attached hydrogens (tertiary/aromatic N) is 1. The second kappa shape index (κ2) is 4.54. The van der Waals surface area contributed by atoms with E-state index in [-0.39, 0.29) is 17.5 Å². The van der Waals surface area contributed by atoms with Crippen LogP contribution in [0.2, 0.25) is 0 Å². The number of amides is 1. The lowest BCUT2D eigenvalue weighted by Crippen LogP contribution is -2.41. The third kappa shape index (κ3) is 2.28. The van der Waals surface area contributed by atoms with E-state index < -0.39 is 11.2 Å². The van der Waals surface area contributed by atoms with Crippen molar-refractivity contribution in [1.29, 1.82) is 0 Å². The normalized spacial score (nSPS) is 19.2.